The number of piperidine rings is 1. The minimum absolute atomic E-state index is 0.0756. The molecular formula is C24H27N5O4S. The second-order valence-corrected chi connectivity index (χ2v) is 10.7. The van der Waals surface area contributed by atoms with E-state index in [4.69, 9.17) is 9.47 Å². The largest absolute Gasteiger partial charge is 0.474 e. The minimum atomic E-state index is -3.46. The lowest BCUT2D eigenvalue weighted by Gasteiger charge is -2.37. The van der Waals surface area contributed by atoms with Crippen LogP contribution in [-0.2, 0) is 15.8 Å². The fourth-order valence-electron chi connectivity index (χ4n) is 4.86. The highest BCUT2D eigenvalue weighted by atomic mass is 32.2. The molecule has 9 nitrogen and oxygen atoms in total. The van der Waals surface area contributed by atoms with E-state index in [0.29, 0.717) is 41.6 Å². The molecule has 3 aromatic rings. The third-order valence-corrected chi connectivity index (χ3v) is 8.33. The Hall–Kier alpha value is -3.11. The molecule has 34 heavy (non-hydrogen) atoms. The van der Waals surface area contributed by atoms with Crippen molar-refractivity contribution in [2.24, 2.45) is 0 Å². The summed E-state index contributed by atoms with van der Waals surface area (Å²) in [4.78, 5) is 17.0. The highest BCUT2D eigenvalue weighted by Gasteiger charge is 2.47. The monoisotopic (exact) mass is 481 g/mol. The molecule has 10 heteroatoms. The Morgan fingerprint density at radius 3 is 2.38 bits per heavy atom. The van der Waals surface area contributed by atoms with Crippen LogP contribution < -0.4 is 9.47 Å². The molecule has 0 saturated carbocycles. The summed E-state index contributed by atoms with van der Waals surface area (Å²) in [7, 11) is -3.46. The van der Waals surface area contributed by atoms with Gasteiger partial charge in [0.15, 0.2) is 5.75 Å². The van der Waals surface area contributed by atoms with Gasteiger partial charge in [0, 0.05) is 37.3 Å². The van der Waals surface area contributed by atoms with E-state index in [1.165, 1.54) is 6.33 Å². The first-order valence-electron chi connectivity index (χ1n) is 11.4. The Morgan fingerprint density at radius 2 is 1.68 bits per heavy atom. The van der Waals surface area contributed by atoms with Crippen LogP contribution in [0.15, 0.2) is 49.1 Å². The fraction of sp³-hybridized carbons (Fsp3) is 0.417. The van der Waals surface area contributed by atoms with E-state index in [-0.39, 0.29) is 23.9 Å². The lowest BCUT2D eigenvalue weighted by molar-refractivity contribution is 0.0906. The van der Waals surface area contributed by atoms with Crippen LogP contribution in [0.25, 0.3) is 0 Å². The van der Waals surface area contributed by atoms with E-state index in [1.54, 1.807) is 28.8 Å². The Balaban J connectivity index is 1.28. The summed E-state index contributed by atoms with van der Waals surface area (Å²) in [5, 5.41) is 0. The van der Waals surface area contributed by atoms with Crippen LogP contribution in [0, 0.1) is 13.8 Å². The maximum absolute atomic E-state index is 13.2. The van der Waals surface area contributed by atoms with Gasteiger partial charge in [0.25, 0.3) is 0 Å². The van der Waals surface area contributed by atoms with Crippen molar-refractivity contribution in [3.63, 3.8) is 0 Å². The summed E-state index contributed by atoms with van der Waals surface area (Å²) in [6.07, 6.45) is 7.55. The Morgan fingerprint density at radius 1 is 0.941 bits per heavy atom. The predicted molar refractivity (Wildman–Crippen MR) is 125 cm³/mol. The lowest BCUT2D eigenvalue weighted by atomic mass is 10.0. The number of hydrogen-bond donors (Lipinski definition) is 0. The molecule has 2 saturated heterocycles. The molecule has 0 radical (unpaired) electrons. The van der Waals surface area contributed by atoms with Crippen LogP contribution in [0.4, 0.5) is 0 Å². The molecule has 5 heterocycles. The predicted octanol–water partition coefficient (Wildman–Crippen LogP) is 3.58. The van der Waals surface area contributed by atoms with E-state index < -0.39 is 10.0 Å². The van der Waals surface area contributed by atoms with E-state index in [0.717, 1.165) is 18.5 Å². The summed E-state index contributed by atoms with van der Waals surface area (Å²) in [5.41, 5.74) is 2.02. The molecule has 2 fully saturated rings. The maximum Gasteiger partial charge on any atom is 0.229 e. The Labute approximate surface area is 199 Å². The molecule has 0 unspecified atom stereocenters. The number of aromatic nitrogens is 4. The topological polar surface area (TPSA) is 107 Å². The normalized spacial score (nSPS) is 22.5. The molecule has 2 atom stereocenters. The molecule has 0 aromatic carbocycles. The second-order valence-electron chi connectivity index (χ2n) is 8.80. The first-order chi connectivity index (χ1) is 16.4. The van der Waals surface area contributed by atoms with Crippen LogP contribution in [0.2, 0.25) is 0 Å². The van der Waals surface area contributed by atoms with Crippen molar-refractivity contribution in [3.8, 4) is 17.5 Å². The van der Waals surface area contributed by atoms with Crippen LogP contribution in [0.3, 0.4) is 0 Å². The highest BCUT2D eigenvalue weighted by molar-refractivity contribution is 7.88. The number of rotatable bonds is 7. The SMILES string of the molecule is Cc1ncccc1Oc1ncnc(OC2C[C@@H]3CC[C@@H](C2)N3S(=O)(=O)Cc2ccccn2)c1C. The molecule has 178 valence electrons. The van der Waals surface area contributed by atoms with Gasteiger partial charge in [-0.15, -0.1) is 0 Å². The molecule has 2 aliphatic rings. The van der Waals surface area contributed by atoms with Crippen molar-refractivity contribution in [2.75, 3.05) is 0 Å². The van der Waals surface area contributed by atoms with Gasteiger partial charge in [0.05, 0.1) is 17.0 Å². The van der Waals surface area contributed by atoms with Crippen LogP contribution in [0.1, 0.15) is 42.6 Å². The summed E-state index contributed by atoms with van der Waals surface area (Å²) < 4.78 is 40.3. The zero-order valence-corrected chi connectivity index (χ0v) is 20.0. The van der Waals surface area contributed by atoms with Crippen LogP contribution >= 0.6 is 0 Å². The van der Waals surface area contributed by atoms with Gasteiger partial charge in [-0.05, 0) is 51.0 Å². The number of nitrogens with zero attached hydrogens (tertiary/aromatic N) is 5. The van der Waals surface area contributed by atoms with Crippen molar-refractivity contribution in [1.82, 2.24) is 24.2 Å². The van der Waals surface area contributed by atoms with Gasteiger partial charge >= 0.3 is 0 Å². The van der Waals surface area contributed by atoms with Crippen molar-refractivity contribution in [1.29, 1.82) is 0 Å². The van der Waals surface area contributed by atoms with Gasteiger partial charge in [0.1, 0.15) is 18.2 Å². The quantitative estimate of drug-likeness (QED) is 0.504. The zero-order valence-electron chi connectivity index (χ0n) is 19.2. The van der Waals surface area contributed by atoms with Gasteiger partial charge in [0.2, 0.25) is 21.8 Å². The van der Waals surface area contributed by atoms with Gasteiger partial charge in [-0.1, -0.05) is 6.07 Å². The van der Waals surface area contributed by atoms with E-state index >= 15 is 0 Å². The maximum atomic E-state index is 13.2. The van der Waals surface area contributed by atoms with Crippen LogP contribution in [-0.4, -0.2) is 50.8 Å². The molecule has 5 rings (SSSR count). The lowest BCUT2D eigenvalue weighted by Crippen LogP contribution is -2.49. The van der Waals surface area contributed by atoms with Crippen molar-refractivity contribution in [2.45, 2.75) is 63.5 Å². The van der Waals surface area contributed by atoms with Gasteiger partial charge in [-0.2, -0.15) is 4.31 Å². The van der Waals surface area contributed by atoms with Crippen molar-refractivity contribution >= 4 is 10.0 Å². The number of ether oxygens (including phenoxy) is 2. The molecule has 0 spiro atoms. The molecule has 3 aromatic heterocycles. The average Bonchev–Trinajstić information content (AvgIpc) is 3.10. The molecule has 0 aliphatic carbocycles. The molecule has 2 aliphatic heterocycles. The third-order valence-electron chi connectivity index (χ3n) is 6.44. The van der Waals surface area contributed by atoms with Gasteiger partial charge < -0.3 is 9.47 Å². The van der Waals surface area contributed by atoms with Crippen LogP contribution in [0.5, 0.6) is 17.5 Å². The zero-order chi connectivity index (χ0) is 23.7. The number of hydrogen-bond acceptors (Lipinski definition) is 8. The minimum Gasteiger partial charge on any atom is -0.474 e. The Bertz CT molecular complexity index is 1260. The number of aryl methyl sites for hydroxylation is 1. The summed E-state index contributed by atoms with van der Waals surface area (Å²) >= 11 is 0. The third kappa shape index (κ3) is 4.60. The van der Waals surface area contributed by atoms with Gasteiger partial charge in [-0.25, -0.2) is 18.4 Å². The van der Waals surface area contributed by atoms with E-state index in [2.05, 4.69) is 19.9 Å². The summed E-state index contributed by atoms with van der Waals surface area (Å²) in [6, 6.07) is 8.84. The number of pyridine rings is 2. The van der Waals surface area contributed by atoms with E-state index in [1.807, 2.05) is 32.0 Å². The standard InChI is InChI=1S/C24H27N5O4S/c1-16-23(27-15-28-24(16)33-22-7-5-11-25-17(22)2)32-21-12-19-8-9-20(13-21)29(19)34(30,31)14-18-6-3-4-10-26-18/h3-7,10-11,15,19-21H,8-9,12-14H2,1-2H3/t19-,20-/m0/s1. The highest BCUT2D eigenvalue weighted by Crippen LogP contribution is 2.40. The first kappa shape index (κ1) is 22.7. The Kier molecular flexibility index (Phi) is 6.18. The average molecular weight is 482 g/mol. The summed E-state index contributed by atoms with van der Waals surface area (Å²) in [6.45, 7) is 3.73. The summed E-state index contributed by atoms with van der Waals surface area (Å²) in [5.74, 6) is 1.42. The molecular weight excluding hydrogens is 454 g/mol. The number of sulfonamides is 1. The van der Waals surface area contributed by atoms with Gasteiger partial charge in [-0.3, -0.25) is 9.97 Å². The molecule has 2 bridgehead atoms. The fourth-order valence-corrected chi connectivity index (χ4v) is 6.84. The number of fused-ring (bicyclic) bond motifs is 2. The first-order valence-corrected chi connectivity index (χ1v) is 13.0. The molecule has 0 N–H and O–H groups in total. The van der Waals surface area contributed by atoms with E-state index in [9.17, 15) is 8.42 Å². The smallest absolute Gasteiger partial charge is 0.229 e. The van der Waals surface area contributed by atoms with Crippen molar-refractivity contribution in [3.05, 3.63) is 66.0 Å². The molecule has 0 amide bonds. The second kappa shape index (κ2) is 9.27. The van der Waals surface area contributed by atoms with Crippen molar-refractivity contribution < 1.29 is 17.9 Å².